The Hall–Kier alpha value is -2.05. The molecule has 3 heterocycles. The number of pyridine rings is 1. The summed E-state index contributed by atoms with van der Waals surface area (Å²) in [6.45, 7) is 1.54. The van der Waals surface area contributed by atoms with Crippen LogP contribution in [-0.2, 0) is 20.1 Å². The summed E-state index contributed by atoms with van der Waals surface area (Å²) in [7, 11) is 1.97. The minimum atomic E-state index is 0.439. The number of nitrogens with one attached hydrogen (secondary N) is 1. The molecule has 3 aromatic rings. The quantitative estimate of drug-likeness (QED) is 0.774. The Morgan fingerprint density at radius 3 is 2.92 bits per heavy atom. The molecule has 4 rings (SSSR count). The maximum atomic E-state index is 5.90. The molecule has 1 aromatic carbocycles. The molecule has 6 heteroatoms. The number of imidazole rings is 1. The first-order chi connectivity index (χ1) is 11.8. The first kappa shape index (κ1) is 15.5. The van der Waals surface area contributed by atoms with E-state index in [1.165, 1.54) is 5.56 Å². The van der Waals surface area contributed by atoms with E-state index in [1.807, 2.05) is 47.6 Å². The molecule has 5 nitrogen and oxygen atoms in total. The number of nitrogens with zero attached hydrogens (tertiary/aromatic N) is 3. The van der Waals surface area contributed by atoms with Crippen LogP contribution in [0.25, 0.3) is 11.2 Å². The van der Waals surface area contributed by atoms with Gasteiger partial charge in [-0.2, -0.15) is 0 Å². The second-order valence-electron chi connectivity index (χ2n) is 5.96. The predicted molar refractivity (Wildman–Crippen MR) is 97.2 cm³/mol. The van der Waals surface area contributed by atoms with Gasteiger partial charge in [-0.05, 0) is 36.2 Å². The highest BCUT2D eigenvalue weighted by Gasteiger charge is 2.15. The summed E-state index contributed by atoms with van der Waals surface area (Å²) in [6, 6.07) is 12.3. The van der Waals surface area contributed by atoms with Crippen LogP contribution in [0.2, 0.25) is 0 Å². The van der Waals surface area contributed by atoms with E-state index in [0.717, 1.165) is 41.6 Å². The molecule has 1 aliphatic rings. The molecule has 24 heavy (non-hydrogen) atoms. The molecular weight excluding hydrogens is 320 g/mol. The van der Waals surface area contributed by atoms with Crippen molar-refractivity contribution in [2.45, 2.75) is 18.3 Å². The molecule has 0 radical (unpaired) electrons. The third-order valence-electron chi connectivity index (χ3n) is 4.27. The standard InChI is InChI=1S/C18H20N4OS/c1-22-17(21-16-3-2-8-20-18(16)22)11-23-14-6-4-13(5-7-14)9-15-10-19-12-24-15/h2-8,15,19H,9-12H2,1H3. The predicted octanol–water partition coefficient (Wildman–Crippen LogP) is 2.75. The lowest BCUT2D eigenvalue weighted by molar-refractivity contribution is 0.292. The van der Waals surface area contributed by atoms with Crippen LogP contribution in [0.4, 0.5) is 0 Å². The molecule has 1 N–H and O–H groups in total. The summed E-state index contributed by atoms with van der Waals surface area (Å²) in [5, 5.41) is 4.07. The van der Waals surface area contributed by atoms with E-state index in [9.17, 15) is 0 Å². The van der Waals surface area contributed by atoms with Crippen molar-refractivity contribution >= 4 is 22.9 Å². The highest BCUT2D eigenvalue weighted by atomic mass is 32.2. The normalized spacial score (nSPS) is 17.5. The average molecular weight is 340 g/mol. The van der Waals surface area contributed by atoms with E-state index in [0.29, 0.717) is 11.9 Å². The summed E-state index contributed by atoms with van der Waals surface area (Å²) in [4.78, 5) is 8.93. The molecule has 1 saturated heterocycles. The van der Waals surface area contributed by atoms with Gasteiger partial charge in [0.15, 0.2) is 5.65 Å². The number of fused-ring (bicyclic) bond motifs is 1. The van der Waals surface area contributed by atoms with Crippen molar-refractivity contribution in [3.8, 4) is 5.75 Å². The van der Waals surface area contributed by atoms with Crippen LogP contribution in [0.3, 0.4) is 0 Å². The number of hydrogen-bond acceptors (Lipinski definition) is 5. The zero-order chi connectivity index (χ0) is 16.4. The van der Waals surface area contributed by atoms with E-state index in [1.54, 1.807) is 6.20 Å². The Morgan fingerprint density at radius 2 is 2.17 bits per heavy atom. The molecule has 0 saturated carbocycles. The third-order valence-corrected chi connectivity index (χ3v) is 5.44. The van der Waals surface area contributed by atoms with Gasteiger partial charge in [0, 0.05) is 30.9 Å². The topological polar surface area (TPSA) is 52.0 Å². The van der Waals surface area contributed by atoms with Crippen molar-refractivity contribution in [2.75, 3.05) is 12.4 Å². The molecule has 0 amide bonds. The highest BCUT2D eigenvalue weighted by molar-refractivity contribution is 8.00. The molecule has 0 bridgehead atoms. The molecule has 1 aliphatic heterocycles. The maximum absolute atomic E-state index is 5.90. The molecule has 1 atom stereocenters. The first-order valence-electron chi connectivity index (χ1n) is 8.10. The minimum absolute atomic E-state index is 0.439. The van der Waals surface area contributed by atoms with Crippen LogP contribution < -0.4 is 10.1 Å². The second-order valence-corrected chi connectivity index (χ2v) is 7.25. The fraction of sp³-hybridized carbons (Fsp3) is 0.333. The van der Waals surface area contributed by atoms with Crippen molar-refractivity contribution in [1.29, 1.82) is 0 Å². The van der Waals surface area contributed by atoms with Gasteiger partial charge < -0.3 is 14.6 Å². The van der Waals surface area contributed by atoms with E-state index in [-0.39, 0.29) is 0 Å². The van der Waals surface area contributed by atoms with Gasteiger partial charge in [0.25, 0.3) is 0 Å². The Balaban J connectivity index is 1.40. The SMILES string of the molecule is Cn1c(COc2ccc(CC3CNCS3)cc2)nc2cccnc21. The number of hydrogen-bond donors (Lipinski definition) is 1. The van der Waals surface area contributed by atoms with Crippen molar-refractivity contribution in [3.05, 3.63) is 54.0 Å². The summed E-state index contributed by atoms with van der Waals surface area (Å²) in [5.74, 6) is 2.82. The highest BCUT2D eigenvalue weighted by Crippen LogP contribution is 2.21. The minimum Gasteiger partial charge on any atom is -0.486 e. The van der Waals surface area contributed by atoms with Gasteiger partial charge in [0.2, 0.25) is 0 Å². The van der Waals surface area contributed by atoms with Gasteiger partial charge >= 0.3 is 0 Å². The second kappa shape index (κ2) is 6.83. The van der Waals surface area contributed by atoms with Crippen molar-refractivity contribution in [3.63, 3.8) is 0 Å². The first-order valence-corrected chi connectivity index (χ1v) is 9.15. The molecule has 0 aliphatic carbocycles. The van der Waals surface area contributed by atoms with Gasteiger partial charge in [-0.3, -0.25) is 0 Å². The Morgan fingerprint density at radius 1 is 1.29 bits per heavy atom. The van der Waals surface area contributed by atoms with Gasteiger partial charge in [-0.25, -0.2) is 9.97 Å². The van der Waals surface area contributed by atoms with Crippen molar-refractivity contribution in [1.82, 2.24) is 19.9 Å². The molecule has 0 spiro atoms. The van der Waals surface area contributed by atoms with E-state index in [4.69, 9.17) is 4.74 Å². The fourth-order valence-electron chi connectivity index (χ4n) is 2.92. The average Bonchev–Trinajstić information content (AvgIpc) is 3.23. The summed E-state index contributed by atoms with van der Waals surface area (Å²) in [6.07, 6.45) is 2.89. The summed E-state index contributed by atoms with van der Waals surface area (Å²) >= 11 is 1.99. The number of aryl methyl sites for hydroxylation is 1. The third kappa shape index (κ3) is 3.25. The molecule has 2 aromatic heterocycles. The van der Waals surface area contributed by atoms with Crippen LogP contribution in [0, 0.1) is 0 Å². The Bertz CT molecular complexity index is 825. The van der Waals surface area contributed by atoms with Crippen LogP contribution >= 0.6 is 11.8 Å². The van der Waals surface area contributed by atoms with Gasteiger partial charge in [-0.15, -0.1) is 11.8 Å². The molecular formula is C18H20N4OS. The lowest BCUT2D eigenvalue weighted by Gasteiger charge is -2.09. The number of aromatic nitrogens is 3. The van der Waals surface area contributed by atoms with Gasteiger partial charge in [0.1, 0.15) is 23.7 Å². The monoisotopic (exact) mass is 340 g/mol. The zero-order valence-corrected chi connectivity index (χ0v) is 14.4. The summed E-state index contributed by atoms with van der Waals surface area (Å²) < 4.78 is 7.88. The Kier molecular flexibility index (Phi) is 4.40. The van der Waals surface area contributed by atoms with E-state index >= 15 is 0 Å². The van der Waals surface area contributed by atoms with E-state index < -0.39 is 0 Å². The number of thioether (sulfide) groups is 1. The maximum Gasteiger partial charge on any atom is 0.159 e. The molecule has 124 valence electrons. The molecule has 1 unspecified atom stereocenters. The van der Waals surface area contributed by atoms with E-state index in [2.05, 4.69) is 27.4 Å². The van der Waals surface area contributed by atoms with Gasteiger partial charge in [-0.1, -0.05) is 12.1 Å². The van der Waals surface area contributed by atoms with Crippen LogP contribution in [0.1, 0.15) is 11.4 Å². The zero-order valence-electron chi connectivity index (χ0n) is 13.6. The molecule has 1 fully saturated rings. The number of rotatable bonds is 5. The van der Waals surface area contributed by atoms with Crippen LogP contribution in [-0.4, -0.2) is 32.2 Å². The van der Waals surface area contributed by atoms with Gasteiger partial charge in [0.05, 0.1) is 0 Å². The lowest BCUT2D eigenvalue weighted by atomic mass is 10.1. The Labute approximate surface area is 145 Å². The van der Waals surface area contributed by atoms with Crippen molar-refractivity contribution < 1.29 is 4.74 Å². The lowest BCUT2D eigenvalue weighted by Crippen LogP contribution is -2.14. The van der Waals surface area contributed by atoms with Crippen LogP contribution in [0.15, 0.2) is 42.6 Å². The fourth-order valence-corrected chi connectivity index (χ4v) is 3.94. The largest absolute Gasteiger partial charge is 0.486 e. The number of ether oxygens (including phenoxy) is 1. The van der Waals surface area contributed by atoms with Crippen LogP contribution in [0.5, 0.6) is 5.75 Å². The smallest absolute Gasteiger partial charge is 0.159 e. The van der Waals surface area contributed by atoms with Crippen molar-refractivity contribution in [2.24, 2.45) is 7.05 Å². The summed E-state index contributed by atoms with van der Waals surface area (Å²) in [5.41, 5.74) is 3.14. The number of benzene rings is 1.